The summed E-state index contributed by atoms with van der Waals surface area (Å²) in [6.45, 7) is 11.1. The lowest BCUT2D eigenvalue weighted by Crippen LogP contribution is -2.51. The van der Waals surface area contributed by atoms with E-state index >= 15 is 0 Å². The molecule has 0 bridgehead atoms. The summed E-state index contributed by atoms with van der Waals surface area (Å²) in [7, 11) is 0. The molecule has 137 valence electrons. The van der Waals surface area contributed by atoms with E-state index in [9.17, 15) is 4.79 Å². The van der Waals surface area contributed by atoms with Crippen molar-refractivity contribution >= 4 is 11.8 Å². The predicted molar refractivity (Wildman–Crippen MR) is 97.0 cm³/mol. The topological polar surface area (TPSA) is 56.1 Å². The van der Waals surface area contributed by atoms with E-state index in [-0.39, 0.29) is 11.5 Å². The molecule has 0 aromatic heterocycles. The first kappa shape index (κ1) is 18.0. The second kappa shape index (κ2) is 7.62. The monoisotopic (exact) mass is 346 g/mol. The Kier molecular flexibility index (Phi) is 5.49. The number of nitrogens with zero attached hydrogens (tertiary/aromatic N) is 3. The number of hydrogen-bond acceptors (Lipinski definition) is 4. The molecular weight excluding hydrogens is 318 g/mol. The van der Waals surface area contributed by atoms with Crippen LogP contribution in [0.15, 0.2) is 24.3 Å². The Morgan fingerprint density at radius 2 is 1.84 bits per heavy atom. The van der Waals surface area contributed by atoms with Gasteiger partial charge in [0.25, 0.3) is 0 Å². The molecule has 1 atom stereocenters. The summed E-state index contributed by atoms with van der Waals surface area (Å²) in [5.41, 5.74) is 2.61. The Hall–Kier alpha value is -1.79. The molecule has 0 aliphatic carbocycles. The molecule has 1 radical (unpaired) electrons. The number of rotatable bonds is 2. The third-order valence-corrected chi connectivity index (χ3v) is 4.68. The summed E-state index contributed by atoms with van der Waals surface area (Å²) in [6, 6.07) is 8.64. The Labute approximate surface area is 150 Å². The molecule has 2 heterocycles. The third-order valence-electron chi connectivity index (χ3n) is 4.68. The van der Waals surface area contributed by atoms with Gasteiger partial charge in [0.2, 0.25) is 0 Å². The summed E-state index contributed by atoms with van der Waals surface area (Å²) in [5.74, 6) is 0. The molecule has 6 heteroatoms. The summed E-state index contributed by atoms with van der Waals surface area (Å²) in [5, 5.41) is 4.45. The number of ether oxygens (including phenoxy) is 2. The molecule has 2 fully saturated rings. The van der Waals surface area contributed by atoms with Crippen molar-refractivity contribution in [2.24, 2.45) is 0 Å². The number of hydrogen-bond donors (Lipinski definition) is 0. The van der Waals surface area contributed by atoms with E-state index in [1.165, 1.54) is 5.56 Å². The quantitative estimate of drug-likeness (QED) is 0.824. The predicted octanol–water partition coefficient (Wildman–Crippen LogP) is 2.20. The zero-order chi connectivity index (χ0) is 17.9. The number of carbonyl (C=O) groups is 1. The van der Waals surface area contributed by atoms with Crippen LogP contribution in [0.25, 0.3) is 0 Å². The zero-order valence-corrected chi connectivity index (χ0v) is 15.4. The fourth-order valence-electron chi connectivity index (χ4n) is 3.08. The van der Waals surface area contributed by atoms with Crippen LogP contribution >= 0.6 is 0 Å². The van der Waals surface area contributed by atoms with E-state index in [0.717, 1.165) is 12.2 Å². The van der Waals surface area contributed by atoms with E-state index < -0.39 is 6.23 Å². The van der Waals surface area contributed by atoms with Crippen molar-refractivity contribution in [2.75, 3.05) is 50.8 Å². The summed E-state index contributed by atoms with van der Waals surface area (Å²) in [4.78, 5) is 16.2. The van der Waals surface area contributed by atoms with Crippen molar-refractivity contribution < 1.29 is 14.3 Å². The Balaban J connectivity index is 1.58. The van der Waals surface area contributed by atoms with Gasteiger partial charge in [0.1, 0.15) is 0 Å². The van der Waals surface area contributed by atoms with Gasteiger partial charge in [0.15, 0.2) is 6.23 Å². The van der Waals surface area contributed by atoms with Gasteiger partial charge in [0.05, 0.1) is 19.8 Å². The van der Waals surface area contributed by atoms with Crippen LogP contribution in [-0.2, 0) is 14.9 Å². The van der Waals surface area contributed by atoms with Gasteiger partial charge in [-0.2, -0.15) is 5.32 Å². The van der Waals surface area contributed by atoms with Crippen LogP contribution in [0.5, 0.6) is 0 Å². The highest BCUT2D eigenvalue weighted by Crippen LogP contribution is 2.25. The van der Waals surface area contributed by atoms with Gasteiger partial charge in [-0.1, -0.05) is 32.9 Å². The number of morpholine rings is 1. The molecule has 2 aliphatic heterocycles. The van der Waals surface area contributed by atoms with Crippen LogP contribution in [0.2, 0.25) is 0 Å². The molecule has 0 unspecified atom stereocenters. The standard InChI is InChI=1S/C19H28N3O3/c1-19(2,3)15-4-6-16(7-5-15)22-9-8-20-17(14-22)25-18(23)21-10-12-24-13-11-21/h4-7,17H,8-14H2,1-3H3/t17-/m0/s1. The van der Waals surface area contributed by atoms with Crippen molar-refractivity contribution in [3.8, 4) is 0 Å². The lowest BCUT2D eigenvalue weighted by Gasteiger charge is -2.35. The fraction of sp³-hybridized carbons (Fsp3) is 0.632. The van der Waals surface area contributed by atoms with Crippen LogP contribution in [0.1, 0.15) is 26.3 Å². The highest BCUT2D eigenvalue weighted by Gasteiger charge is 2.27. The van der Waals surface area contributed by atoms with Crippen molar-refractivity contribution in [3.05, 3.63) is 29.8 Å². The molecule has 3 rings (SSSR count). The first-order chi connectivity index (χ1) is 11.9. The summed E-state index contributed by atoms with van der Waals surface area (Å²) < 4.78 is 10.9. The number of benzene rings is 1. The molecule has 1 aromatic rings. The van der Waals surface area contributed by atoms with E-state index in [1.807, 2.05) is 0 Å². The van der Waals surface area contributed by atoms with Gasteiger partial charge in [-0.25, -0.2) is 4.79 Å². The second-order valence-electron chi connectivity index (χ2n) is 7.59. The van der Waals surface area contributed by atoms with E-state index in [1.54, 1.807) is 4.90 Å². The van der Waals surface area contributed by atoms with Gasteiger partial charge >= 0.3 is 6.09 Å². The van der Waals surface area contributed by atoms with Crippen molar-refractivity contribution in [1.29, 1.82) is 0 Å². The largest absolute Gasteiger partial charge is 0.427 e. The third kappa shape index (κ3) is 4.64. The van der Waals surface area contributed by atoms with Gasteiger partial charge in [-0.15, -0.1) is 0 Å². The lowest BCUT2D eigenvalue weighted by atomic mass is 9.87. The van der Waals surface area contributed by atoms with Crippen molar-refractivity contribution in [3.63, 3.8) is 0 Å². The second-order valence-corrected chi connectivity index (χ2v) is 7.59. The highest BCUT2D eigenvalue weighted by atomic mass is 16.6. The molecule has 25 heavy (non-hydrogen) atoms. The number of piperazine rings is 1. The smallest absolute Gasteiger partial charge is 0.411 e. The first-order valence-electron chi connectivity index (χ1n) is 8.99. The molecule has 2 aliphatic rings. The maximum Gasteiger partial charge on any atom is 0.411 e. The fourth-order valence-corrected chi connectivity index (χ4v) is 3.08. The lowest BCUT2D eigenvalue weighted by molar-refractivity contribution is 0.00438. The Bertz CT molecular complexity index is 577. The number of anilines is 1. The highest BCUT2D eigenvalue weighted by molar-refractivity contribution is 5.68. The summed E-state index contributed by atoms with van der Waals surface area (Å²) in [6.07, 6.45) is -0.701. The van der Waals surface area contributed by atoms with E-state index in [2.05, 4.69) is 55.3 Å². The number of amides is 1. The van der Waals surface area contributed by atoms with Crippen LogP contribution in [-0.4, -0.2) is 63.2 Å². The molecular formula is C19H28N3O3. The maximum atomic E-state index is 12.2. The van der Waals surface area contributed by atoms with Crippen LogP contribution in [0, 0.1) is 0 Å². The Morgan fingerprint density at radius 1 is 1.16 bits per heavy atom. The molecule has 1 amide bonds. The molecule has 2 saturated heterocycles. The molecule has 1 aromatic carbocycles. The minimum absolute atomic E-state index is 0.145. The molecule has 0 saturated carbocycles. The molecule has 6 nitrogen and oxygen atoms in total. The average Bonchev–Trinajstić information content (AvgIpc) is 2.62. The molecule has 0 N–H and O–H groups in total. The minimum atomic E-state index is -0.411. The minimum Gasteiger partial charge on any atom is -0.427 e. The average molecular weight is 346 g/mol. The van der Waals surface area contributed by atoms with Gasteiger partial charge < -0.3 is 19.3 Å². The Morgan fingerprint density at radius 3 is 2.48 bits per heavy atom. The van der Waals surface area contributed by atoms with E-state index in [0.29, 0.717) is 39.4 Å². The van der Waals surface area contributed by atoms with Crippen LogP contribution in [0.4, 0.5) is 10.5 Å². The summed E-state index contributed by atoms with van der Waals surface area (Å²) >= 11 is 0. The normalized spacial score (nSPS) is 22.0. The first-order valence-corrected chi connectivity index (χ1v) is 8.99. The maximum absolute atomic E-state index is 12.2. The van der Waals surface area contributed by atoms with Crippen molar-refractivity contribution in [1.82, 2.24) is 10.2 Å². The molecule has 0 spiro atoms. The van der Waals surface area contributed by atoms with E-state index in [4.69, 9.17) is 9.47 Å². The van der Waals surface area contributed by atoms with Gasteiger partial charge in [-0.05, 0) is 23.1 Å². The zero-order valence-electron chi connectivity index (χ0n) is 15.4. The van der Waals surface area contributed by atoms with Crippen LogP contribution in [0.3, 0.4) is 0 Å². The van der Waals surface area contributed by atoms with Crippen molar-refractivity contribution in [2.45, 2.75) is 32.4 Å². The van der Waals surface area contributed by atoms with Gasteiger partial charge in [-0.3, -0.25) is 0 Å². The van der Waals surface area contributed by atoms with Gasteiger partial charge in [0, 0.05) is 31.9 Å². The SMILES string of the molecule is CC(C)(C)c1ccc(N2CC[N][C@@H](OC(=O)N3CCOCC3)C2)cc1. The number of carbonyl (C=O) groups excluding carboxylic acids is 1. The van der Waals surface area contributed by atoms with Crippen LogP contribution < -0.4 is 10.2 Å².